The van der Waals surface area contributed by atoms with Crippen molar-refractivity contribution < 1.29 is 4.79 Å². The molecule has 1 aromatic heterocycles. The van der Waals surface area contributed by atoms with Gasteiger partial charge in [0.2, 0.25) is 0 Å². The van der Waals surface area contributed by atoms with Crippen molar-refractivity contribution in [1.82, 2.24) is 9.78 Å². The summed E-state index contributed by atoms with van der Waals surface area (Å²) >= 11 is 12.4. The lowest BCUT2D eigenvalue weighted by atomic mass is 9.86. The highest BCUT2D eigenvalue weighted by molar-refractivity contribution is 6.32. The molecule has 0 aliphatic heterocycles. The van der Waals surface area contributed by atoms with Crippen LogP contribution in [0.5, 0.6) is 0 Å². The minimum Gasteiger partial charge on any atom is -0.293 e. The maximum absolute atomic E-state index is 12.4. The number of aromatic nitrogens is 2. The largest absolute Gasteiger partial charge is 0.293 e. The highest BCUT2D eigenvalue weighted by Gasteiger charge is 2.26. The third kappa shape index (κ3) is 3.69. The molecule has 6 heteroatoms. The van der Waals surface area contributed by atoms with Gasteiger partial charge in [-0.2, -0.15) is 10.4 Å². The van der Waals surface area contributed by atoms with E-state index in [0.717, 1.165) is 0 Å². The number of hydrogen-bond acceptors (Lipinski definition) is 3. The van der Waals surface area contributed by atoms with Crippen molar-refractivity contribution in [3.8, 4) is 11.8 Å². The Balaban J connectivity index is 2.55. The van der Waals surface area contributed by atoms with E-state index in [0.29, 0.717) is 27.1 Å². The summed E-state index contributed by atoms with van der Waals surface area (Å²) in [5, 5.41) is 14.6. The SMILES string of the molecule is Cc1nn(-c2cccc(Cl)c2)c(Cl)c1/C=C(\C#N)C(=O)C(C)(C)C. The van der Waals surface area contributed by atoms with Gasteiger partial charge in [0.05, 0.1) is 17.0 Å². The Morgan fingerprint density at radius 2 is 2.00 bits per heavy atom. The first-order valence-corrected chi connectivity index (χ1v) is 8.08. The highest BCUT2D eigenvalue weighted by Crippen LogP contribution is 2.28. The van der Waals surface area contributed by atoms with Crippen LogP contribution < -0.4 is 0 Å². The van der Waals surface area contributed by atoms with Gasteiger partial charge in [-0.1, -0.05) is 50.0 Å². The van der Waals surface area contributed by atoms with Gasteiger partial charge in [-0.05, 0) is 31.2 Å². The molecule has 0 radical (unpaired) electrons. The van der Waals surface area contributed by atoms with E-state index in [9.17, 15) is 10.1 Å². The summed E-state index contributed by atoms with van der Waals surface area (Å²) in [6, 6.07) is 9.07. The average Bonchev–Trinajstić information content (AvgIpc) is 2.78. The molecule has 0 aliphatic rings. The number of benzene rings is 1. The molecule has 0 amide bonds. The molecule has 0 spiro atoms. The van der Waals surface area contributed by atoms with Gasteiger partial charge in [-0.3, -0.25) is 4.79 Å². The fourth-order valence-corrected chi connectivity index (χ4v) is 2.66. The van der Waals surface area contributed by atoms with Crippen LogP contribution in [0, 0.1) is 23.7 Å². The van der Waals surface area contributed by atoms with E-state index in [2.05, 4.69) is 5.10 Å². The summed E-state index contributed by atoms with van der Waals surface area (Å²) in [6.07, 6.45) is 1.50. The van der Waals surface area contributed by atoms with Crippen molar-refractivity contribution in [2.75, 3.05) is 0 Å². The molecule has 124 valence electrons. The van der Waals surface area contributed by atoms with Gasteiger partial charge < -0.3 is 0 Å². The molecule has 0 fully saturated rings. The fraction of sp³-hybridized carbons (Fsp3) is 0.278. The van der Waals surface area contributed by atoms with E-state index in [1.807, 2.05) is 12.1 Å². The van der Waals surface area contributed by atoms with Gasteiger partial charge in [-0.25, -0.2) is 4.68 Å². The molecule has 0 saturated heterocycles. The predicted molar refractivity (Wildman–Crippen MR) is 96.4 cm³/mol. The molecular weight excluding hydrogens is 345 g/mol. The topological polar surface area (TPSA) is 58.7 Å². The van der Waals surface area contributed by atoms with Gasteiger partial charge in [0.1, 0.15) is 11.2 Å². The summed E-state index contributed by atoms with van der Waals surface area (Å²) in [5.74, 6) is -0.240. The molecule has 0 atom stereocenters. The lowest BCUT2D eigenvalue weighted by Crippen LogP contribution is -2.21. The third-order valence-corrected chi connectivity index (χ3v) is 4.03. The lowest BCUT2D eigenvalue weighted by Gasteiger charge is -2.15. The molecule has 0 N–H and O–H groups in total. The first-order valence-electron chi connectivity index (χ1n) is 7.33. The number of rotatable bonds is 3. The van der Waals surface area contributed by atoms with Crippen molar-refractivity contribution in [2.45, 2.75) is 27.7 Å². The van der Waals surface area contributed by atoms with Crippen LogP contribution in [-0.2, 0) is 4.79 Å². The Bertz CT molecular complexity index is 867. The zero-order valence-corrected chi connectivity index (χ0v) is 15.4. The molecule has 0 unspecified atom stereocenters. The van der Waals surface area contributed by atoms with E-state index in [4.69, 9.17) is 23.2 Å². The summed E-state index contributed by atoms with van der Waals surface area (Å²) in [7, 11) is 0. The first kappa shape index (κ1) is 18.3. The van der Waals surface area contributed by atoms with E-state index >= 15 is 0 Å². The number of nitriles is 1. The smallest absolute Gasteiger partial charge is 0.178 e. The molecule has 0 saturated carbocycles. The summed E-state index contributed by atoms with van der Waals surface area (Å²) < 4.78 is 1.53. The monoisotopic (exact) mass is 361 g/mol. The molecule has 1 aromatic carbocycles. The Kier molecular flexibility index (Phi) is 5.17. The van der Waals surface area contributed by atoms with Crippen LogP contribution in [0.25, 0.3) is 11.8 Å². The quantitative estimate of drug-likeness (QED) is 0.570. The lowest BCUT2D eigenvalue weighted by molar-refractivity contribution is -0.121. The number of halogens is 2. The van der Waals surface area contributed by atoms with E-state index in [1.165, 1.54) is 10.8 Å². The second-order valence-electron chi connectivity index (χ2n) is 6.43. The Morgan fingerprint density at radius 3 is 2.54 bits per heavy atom. The van der Waals surface area contributed by atoms with E-state index in [-0.39, 0.29) is 11.4 Å². The summed E-state index contributed by atoms with van der Waals surface area (Å²) in [5.41, 5.74) is 1.28. The van der Waals surface area contributed by atoms with Gasteiger partial charge in [0.25, 0.3) is 0 Å². The standard InChI is InChI=1S/C18H17Cl2N3O/c1-11-15(8-12(10-21)16(24)18(2,3)4)17(20)23(22-11)14-7-5-6-13(19)9-14/h5-9H,1-4H3/b12-8+. The highest BCUT2D eigenvalue weighted by atomic mass is 35.5. The third-order valence-electron chi connectivity index (χ3n) is 3.44. The number of nitrogens with zero attached hydrogens (tertiary/aromatic N) is 3. The van der Waals surface area contributed by atoms with Gasteiger partial charge in [0, 0.05) is 16.0 Å². The van der Waals surface area contributed by atoms with Crippen LogP contribution >= 0.6 is 23.2 Å². The molecule has 0 bridgehead atoms. The first-order chi connectivity index (χ1) is 11.1. The number of carbonyl (C=O) groups is 1. The van der Waals surface area contributed by atoms with Crippen molar-refractivity contribution in [2.24, 2.45) is 5.41 Å². The van der Waals surface area contributed by atoms with Crippen molar-refractivity contribution in [3.05, 3.63) is 51.3 Å². The average molecular weight is 362 g/mol. The zero-order valence-electron chi connectivity index (χ0n) is 13.9. The fourth-order valence-electron chi connectivity index (χ4n) is 2.15. The van der Waals surface area contributed by atoms with Gasteiger partial charge in [-0.15, -0.1) is 0 Å². The van der Waals surface area contributed by atoms with Crippen molar-refractivity contribution >= 4 is 35.1 Å². The van der Waals surface area contributed by atoms with Crippen LogP contribution in [0.1, 0.15) is 32.0 Å². The Morgan fingerprint density at radius 1 is 1.33 bits per heavy atom. The van der Waals surface area contributed by atoms with Gasteiger partial charge in [0.15, 0.2) is 5.78 Å². The predicted octanol–water partition coefficient (Wildman–Crippen LogP) is 5.01. The molecule has 1 heterocycles. The van der Waals surface area contributed by atoms with Gasteiger partial charge >= 0.3 is 0 Å². The maximum atomic E-state index is 12.4. The molecule has 4 nitrogen and oxygen atoms in total. The molecule has 24 heavy (non-hydrogen) atoms. The number of carbonyl (C=O) groups excluding carboxylic acids is 1. The minimum absolute atomic E-state index is 0.0538. The number of aryl methyl sites for hydroxylation is 1. The molecule has 2 rings (SSSR count). The van der Waals surface area contributed by atoms with Crippen LogP contribution in [0.2, 0.25) is 10.2 Å². The number of hydrogen-bond donors (Lipinski definition) is 0. The normalized spacial score (nSPS) is 12.1. The second-order valence-corrected chi connectivity index (χ2v) is 7.22. The number of ketones is 1. The maximum Gasteiger partial charge on any atom is 0.178 e. The number of allylic oxidation sites excluding steroid dienone is 1. The minimum atomic E-state index is -0.648. The van der Waals surface area contributed by atoms with Crippen molar-refractivity contribution in [1.29, 1.82) is 5.26 Å². The van der Waals surface area contributed by atoms with Crippen LogP contribution in [0.4, 0.5) is 0 Å². The van der Waals surface area contributed by atoms with Crippen LogP contribution in [0.15, 0.2) is 29.8 Å². The molecule has 2 aromatic rings. The molecular formula is C18H17Cl2N3O. The zero-order chi connectivity index (χ0) is 18.1. The Hall–Kier alpha value is -2.09. The molecule has 0 aliphatic carbocycles. The second kappa shape index (κ2) is 6.80. The van der Waals surface area contributed by atoms with Crippen LogP contribution in [-0.4, -0.2) is 15.6 Å². The number of Topliss-reactive ketones (excluding diaryl/α,β-unsaturated/α-hetero) is 1. The Labute approximate surface area is 151 Å². The van der Waals surface area contributed by atoms with Crippen LogP contribution in [0.3, 0.4) is 0 Å². The van der Waals surface area contributed by atoms with E-state index in [1.54, 1.807) is 45.9 Å². The summed E-state index contributed by atoms with van der Waals surface area (Å²) in [6.45, 7) is 7.08. The summed E-state index contributed by atoms with van der Waals surface area (Å²) in [4.78, 5) is 12.4. The van der Waals surface area contributed by atoms with Crippen molar-refractivity contribution in [3.63, 3.8) is 0 Å². The van der Waals surface area contributed by atoms with E-state index < -0.39 is 5.41 Å².